The number of hydrogen-bond donors (Lipinski definition) is 1. The largest absolute Gasteiger partial charge is 0.331 e. The predicted octanol–water partition coefficient (Wildman–Crippen LogP) is 2.21. The van der Waals surface area contributed by atoms with Gasteiger partial charge in [-0.05, 0) is 53.0 Å². The third-order valence-corrected chi connectivity index (χ3v) is 4.04. The molecule has 18 heavy (non-hydrogen) atoms. The molecule has 1 aliphatic carbocycles. The summed E-state index contributed by atoms with van der Waals surface area (Å²) < 4.78 is 2.27. The van der Waals surface area contributed by atoms with Gasteiger partial charge in [-0.15, -0.1) is 0 Å². The quantitative estimate of drug-likeness (QED) is 0.886. The van der Waals surface area contributed by atoms with E-state index in [-0.39, 0.29) is 0 Å². The van der Waals surface area contributed by atoms with Gasteiger partial charge in [-0.3, -0.25) is 0 Å². The van der Waals surface area contributed by atoms with Gasteiger partial charge in [0.2, 0.25) is 0 Å². The summed E-state index contributed by atoms with van der Waals surface area (Å²) in [5.41, 5.74) is 2.17. The standard InChI is InChI=1S/C14H22N4/c1-11(8-14(2,9-15)16-3)18-10-17-12-6-4-5-7-13(12)18/h10-11,16H,4-8H2,1-3H3. The molecule has 1 heterocycles. The molecule has 4 heteroatoms. The maximum absolute atomic E-state index is 9.23. The van der Waals surface area contributed by atoms with Crippen LogP contribution in [0.25, 0.3) is 0 Å². The van der Waals surface area contributed by atoms with Gasteiger partial charge < -0.3 is 9.88 Å². The van der Waals surface area contributed by atoms with Crippen LogP contribution in [0.4, 0.5) is 0 Å². The molecule has 98 valence electrons. The van der Waals surface area contributed by atoms with Crippen molar-refractivity contribution in [3.05, 3.63) is 17.7 Å². The normalized spacial score (nSPS) is 19.7. The van der Waals surface area contributed by atoms with Gasteiger partial charge in [0.25, 0.3) is 0 Å². The van der Waals surface area contributed by atoms with Crippen LogP contribution in [0.5, 0.6) is 0 Å². The minimum Gasteiger partial charge on any atom is -0.331 e. The number of aryl methyl sites for hydroxylation is 1. The fourth-order valence-corrected chi connectivity index (χ4v) is 2.76. The molecule has 0 radical (unpaired) electrons. The Kier molecular flexibility index (Phi) is 3.72. The minimum absolute atomic E-state index is 0.302. The zero-order chi connectivity index (χ0) is 13.2. The van der Waals surface area contributed by atoms with E-state index >= 15 is 0 Å². The molecule has 1 aromatic heterocycles. The molecule has 0 bridgehead atoms. The summed E-state index contributed by atoms with van der Waals surface area (Å²) in [6.07, 6.45) is 7.49. The lowest BCUT2D eigenvalue weighted by Gasteiger charge is -2.27. The van der Waals surface area contributed by atoms with Crippen molar-refractivity contribution in [2.45, 2.75) is 57.5 Å². The smallest absolute Gasteiger partial charge is 0.105 e. The maximum atomic E-state index is 9.23. The molecule has 1 aliphatic rings. The van der Waals surface area contributed by atoms with Gasteiger partial charge in [0.15, 0.2) is 0 Å². The Morgan fingerprint density at radius 2 is 2.28 bits per heavy atom. The lowest BCUT2D eigenvalue weighted by Crippen LogP contribution is -2.40. The van der Waals surface area contributed by atoms with Gasteiger partial charge in [0.05, 0.1) is 18.1 Å². The van der Waals surface area contributed by atoms with Crippen LogP contribution in [0.1, 0.15) is 50.5 Å². The molecule has 1 aromatic rings. The number of hydrogen-bond acceptors (Lipinski definition) is 3. The van der Waals surface area contributed by atoms with Crippen molar-refractivity contribution in [1.82, 2.24) is 14.9 Å². The van der Waals surface area contributed by atoms with Crippen LogP contribution in [0, 0.1) is 11.3 Å². The van der Waals surface area contributed by atoms with E-state index in [1.54, 1.807) is 0 Å². The highest BCUT2D eigenvalue weighted by atomic mass is 15.1. The molecule has 0 fully saturated rings. The highest BCUT2D eigenvalue weighted by molar-refractivity contribution is 5.17. The molecule has 0 spiro atoms. The van der Waals surface area contributed by atoms with Crippen molar-refractivity contribution >= 4 is 0 Å². The number of nitrogens with zero attached hydrogens (tertiary/aromatic N) is 3. The third kappa shape index (κ3) is 2.41. The van der Waals surface area contributed by atoms with Crippen LogP contribution in [-0.4, -0.2) is 22.1 Å². The van der Waals surface area contributed by atoms with Gasteiger partial charge in [0, 0.05) is 11.7 Å². The van der Waals surface area contributed by atoms with Crippen molar-refractivity contribution < 1.29 is 0 Å². The van der Waals surface area contributed by atoms with Gasteiger partial charge in [-0.1, -0.05) is 0 Å². The Morgan fingerprint density at radius 3 is 2.94 bits per heavy atom. The molecular formula is C14H22N4. The van der Waals surface area contributed by atoms with Gasteiger partial charge in [-0.25, -0.2) is 4.98 Å². The molecule has 2 unspecified atom stereocenters. The highest BCUT2D eigenvalue weighted by Gasteiger charge is 2.27. The van der Waals surface area contributed by atoms with E-state index in [9.17, 15) is 5.26 Å². The van der Waals surface area contributed by atoms with E-state index < -0.39 is 5.54 Å². The molecule has 2 atom stereocenters. The number of imidazole rings is 1. The zero-order valence-electron chi connectivity index (χ0n) is 11.5. The average Bonchev–Trinajstić information content (AvgIpc) is 2.82. The second-order valence-electron chi connectivity index (χ2n) is 5.50. The molecule has 0 saturated heterocycles. The Hall–Kier alpha value is -1.34. The third-order valence-electron chi connectivity index (χ3n) is 4.04. The lowest BCUT2D eigenvalue weighted by atomic mass is 9.94. The molecule has 0 saturated carbocycles. The Balaban J connectivity index is 2.17. The summed E-state index contributed by atoms with van der Waals surface area (Å²) in [6, 6.07) is 2.66. The minimum atomic E-state index is -0.467. The van der Waals surface area contributed by atoms with E-state index in [0.717, 1.165) is 19.3 Å². The van der Waals surface area contributed by atoms with E-state index in [2.05, 4.69) is 27.9 Å². The van der Waals surface area contributed by atoms with Gasteiger partial charge in [0.1, 0.15) is 5.54 Å². The van der Waals surface area contributed by atoms with E-state index in [0.29, 0.717) is 6.04 Å². The number of nitrogens with one attached hydrogen (secondary N) is 1. The van der Waals surface area contributed by atoms with Crippen LogP contribution in [0.2, 0.25) is 0 Å². The van der Waals surface area contributed by atoms with Gasteiger partial charge >= 0.3 is 0 Å². The molecule has 2 rings (SSSR count). The molecule has 0 aromatic carbocycles. The van der Waals surface area contributed by atoms with Crippen LogP contribution in [-0.2, 0) is 12.8 Å². The summed E-state index contributed by atoms with van der Waals surface area (Å²) in [4.78, 5) is 4.52. The van der Waals surface area contributed by atoms with Crippen molar-refractivity contribution in [1.29, 1.82) is 5.26 Å². The van der Waals surface area contributed by atoms with Gasteiger partial charge in [-0.2, -0.15) is 5.26 Å². The lowest BCUT2D eigenvalue weighted by molar-refractivity contribution is 0.360. The van der Waals surface area contributed by atoms with Crippen LogP contribution in [0.15, 0.2) is 6.33 Å². The fourth-order valence-electron chi connectivity index (χ4n) is 2.76. The number of nitriles is 1. The first kappa shape index (κ1) is 13.1. The molecule has 1 N–H and O–H groups in total. The summed E-state index contributed by atoms with van der Waals surface area (Å²) in [7, 11) is 1.85. The predicted molar refractivity (Wildman–Crippen MR) is 71.3 cm³/mol. The van der Waals surface area contributed by atoms with E-state index in [1.807, 2.05) is 20.3 Å². The van der Waals surface area contributed by atoms with Crippen molar-refractivity contribution in [2.75, 3.05) is 7.05 Å². The molecule has 4 nitrogen and oxygen atoms in total. The van der Waals surface area contributed by atoms with Crippen LogP contribution >= 0.6 is 0 Å². The first-order valence-corrected chi connectivity index (χ1v) is 6.74. The SMILES string of the molecule is CNC(C)(C#N)CC(C)n1cnc2c1CCCC2. The first-order chi connectivity index (χ1) is 8.59. The summed E-state index contributed by atoms with van der Waals surface area (Å²) in [5.74, 6) is 0. The zero-order valence-corrected chi connectivity index (χ0v) is 11.5. The Morgan fingerprint density at radius 1 is 1.56 bits per heavy atom. The van der Waals surface area contributed by atoms with Crippen LogP contribution in [0.3, 0.4) is 0 Å². The number of fused-ring (bicyclic) bond motifs is 1. The van der Waals surface area contributed by atoms with Crippen molar-refractivity contribution in [3.63, 3.8) is 0 Å². The Bertz CT molecular complexity index is 457. The van der Waals surface area contributed by atoms with Crippen LogP contribution < -0.4 is 5.32 Å². The van der Waals surface area contributed by atoms with Crippen molar-refractivity contribution in [3.8, 4) is 6.07 Å². The highest BCUT2D eigenvalue weighted by Crippen LogP contribution is 2.26. The molecule has 0 aliphatic heterocycles. The second kappa shape index (κ2) is 5.11. The summed E-state index contributed by atoms with van der Waals surface area (Å²) in [5, 5.41) is 12.3. The summed E-state index contributed by atoms with van der Waals surface area (Å²) >= 11 is 0. The maximum Gasteiger partial charge on any atom is 0.105 e. The first-order valence-electron chi connectivity index (χ1n) is 6.74. The number of rotatable bonds is 4. The fraction of sp³-hybridized carbons (Fsp3) is 0.714. The topological polar surface area (TPSA) is 53.6 Å². The average molecular weight is 246 g/mol. The van der Waals surface area contributed by atoms with E-state index in [4.69, 9.17) is 0 Å². The van der Waals surface area contributed by atoms with E-state index in [1.165, 1.54) is 24.2 Å². The second-order valence-corrected chi connectivity index (χ2v) is 5.50. The number of aromatic nitrogens is 2. The van der Waals surface area contributed by atoms with Crippen molar-refractivity contribution in [2.24, 2.45) is 0 Å². The Labute approximate surface area is 109 Å². The molecular weight excluding hydrogens is 224 g/mol. The molecule has 0 amide bonds. The summed E-state index contributed by atoms with van der Waals surface area (Å²) in [6.45, 7) is 4.12. The monoisotopic (exact) mass is 246 g/mol.